The van der Waals surface area contributed by atoms with Crippen LogP contribution in [0.5, 0.6) is 0 Å². The maximum atomic E-state index is 10.9. The third-order valence-electron chi connectivity index (χ3n) is 3.03. The van der Waals surface area contributed by atoms with Gasteiger partial charge in [0.05, 0.1) is 18.8 Å². The summed E-state index contributed by atoms with van der Waals surface area (Å²) in [4.78, 5) is 13.2. The summed E-state index contributed by atoms with van der Waals surface area (Å²) < 4.78 is 5.29. The molecule has 1 aliphatic heterocycles. The van der Waals surface area contributed by atoms with Crippen molar-refractivity contribution in [2.24, 2.45) is 0 Å². The van der Waals surface area contributed by atoms with Crippen molar-refractivity contribution in [2.75, 3.05) is 26.3 Å². The molecule has 4 heteroatoms. The Kier molecular flexibility index (Phi) is 3.76. The Morgan fingerprint density at radius 3 is 2.71 bits per heavy atom. The maximum Gasteiger partial charge on any atom is 0.335 e. The van der Waals surface area contributed by atoms with Gasteiger partial charge in [0.25, 0.3) is 0 Å². The fraction of sp³-hybridized carbons (Fsp3) is 0.462. The van der Waals surface area contributed by atoms with Crippen molar-refractivity contribution in [3.63, 3.8) is 0 Å². The summed E-state index contributed by atoms with van der Waals surface area (Å²) in [6, 6.07) is 5.54. The fourth-order valence-corrected chi connectivity index (χ4v) is 2.08. The number of carbonyl (C=O) groups is 1. The zero-order chi connectivity index (χ0) is 12.3. The summed E-state index contributed by atoms with van der Waals surface area (Å²) in [6.45, 7) is 6.16. The minimum absolute atomic E-state index is 0.385. The zero-order valence-corrected chi connectivity index (χ0v) is 9.98. The molecule has 1 heterocycles. The van der Waals surface area contributed by atoms with E-state index in [0.29, 0.717) is 5.56 Å². The van der Waals surface area contributed by atoms with E-state index < -0.39 is 5.97 Å². The van der Waals surface area contributed by atoms with Gasteiger partial charge in [0, 0.05) is 19.6 Å². The van der Waals surface area contributed by atoms with Crippen molar-refractivity contribution in [1.82, 2.24) is 4.90 Å². The number of morpholine rings is 1. The molecule has 0 atom stereocenters. The van der Waals surface area contributed by atoms with Gasteiger partial charge in [-0.1, -0.05) is 12.1 Å². The van der Waals surface area contributed by atoms with Crippen LogP contribution in [-0.2, 0) is 11.3 Å². The van der Waals surface area contributed by atoms with Crippen LogP contribution in [0.15, 0.2) is 18.2 Å². The zero-order valence-electron chi connectivity index (χ0n) is 9.98. The van der Waals surface area contributed by atoms with Crippen LogP contribution in [0.25, 0.3) is 0 Å². The first-order valence-corrected chi connectivity index (χ1v) is 5.80. The van der Waals surface area contributed by atoms with Crippen LogP contribution in [0.3, 0.4) is 0 Å². The molecular formula is C13H17NO3. The first-order chi connectivity index (χ1) is 8.16. The fourth-order valence-electron chi connectivity index (χ4n) is 2.08. The van der Waals surface area contributed by atoms with Crippen LogP contribution >= 0.6 is 0 Å². The summed E-state index contributed by atoms with van der Waals surface area (Å²) in [5, 5.41) is 8.95. The van der Waals surface area contributed by atoms with E-state index in [1.807, 2.05) is 19.1 Å². The van der Waals surface area contributed by atoms with E-state index in [2.05, 4.69) is 4.90 Å². The average Bonchev–Trinajstić information content (AvgIpc) is 2.30. The predicted molar refractivity (Wildman–Crippen MR) is 64.2 cm³/mol. The number of carboxylic acid groups (broad SMARTS) is 1. The van der Waals surface area contributed by atoms with E-state index in [1.54, 1.807) is 6.07 Å². The van der Waals surface area contributed by atoms with Gasteiger partial charge in [0.2, 0.25) is 0 Å². The van der Waals surface area contributed by atoms with Crippen LogP contribution in [0.2, 0.25) is 0 Å². The smallest absolute Gasteiger partial charge is 0.335 e. The molecule has 1 aliphatic rings. The molecule has 0 radical (unpaired) electrons. The van der Waals surface area contributed by atoms with E-state index in [-0.39, 0.29) is 0 Å². The Labute approximate surface area is 101 Å². The van der Waals surface area contributed by atoms with Gasteiger partial charge in [-0.15, -0.1) is 0 Å². The van der Waals surface area contributed by atoms with Crippen LogP contribution < -0.4 is 0 Å². The summed E-state index contributed by atoms with van der Waals surface area (Å²) in [7, 11) is 0. The Balaban J connectivity index is 2.06. The highest BCUT2D eigenvalue weighted by Gasteiger charge is 2.12. The number of nitrogens with zero attached hydrogens (tertiary/aromatic N) is 1. The van der Waals surface area contributed by atoms with Crippen molar-refractivity contribution in [3.05, 3.63) is 34.9 Å². The van der Waals surface area contributed by atoms with E-state index in [0.717, 1.165) is 44.0 Å². The third-order valence-corrected chi connectivity index (χ3v) is 3.03. The molecule has 0 amide bonds. The number of aryl methyl sites for hydroxylation is 1. The molecule has 1 saturated heterocycles. The number of ether oxygens (including phenoxy) is 1. The molecule has 1 aromatic rings. The SMILES string of the molecule is Cc1cc(CN2CCOCC2)ccc1C(=O)O. The normalized spacial score (nSPS) is 17.0. The minimum Gasteiger partial charge on any atom is -0.478 e. The molecule has 17 heavy (non-hydrogen) atoms. The van der Waals surface area contributed by atoms with Gasteiger partial charge < -0.3 is 9.84 Å². The van der Waals surface area contributed by atoms with Gasteiger partial charge in [0.15, 0.2) is 0 Å². The van der Waals surface area contributed by atoms with Crippen molar-refractivity contribution >= 4 is 5.97 Å². The van der Waals surface area contributed by atoms with Crippen LogP contribution in [0.4, 0.5) is 0 Å². The van der Waals surface area contributed by atoms with Gasteiger partial charge in [-0.2, -0.15) is 0 Å². The number of hydrogen-bond donors (Lipinski definition) is 1. The van der Waals surface area contributed by atoms with Gasteiger partial charge >= 0.3 is 5.97 Å². The molecule has 4 nitrogen and oxygen atoms in total. The average molecular weight is 235 g/mol. The van der Waals surface area contributed by atoms with Gasteiger partial charge in [-0.05, 0) is 24.1 Å². The number of benzene rings is 1. The summed E-state index contributed by atoms with van der Waals surface area (Å²) in [6.07, 6.45) is 0. The van der Waals surface area contributed by atoms with E-state index in [1.165, 1.54) is 0 Å². The maximum absolute atomic E-state index is 10.9. The predicted octanol–water partition coefficient (Wildman–Crippen LogP) is 1.53. The quantitative estimate of drug-likeness (QED) is 0.863. The summed E-state index contributed by atoms with van der Waals surface area (Å²) in [5.41, 5.74) is 2.37. The Morgan fingerprint density at radius 1 is 1.41 bits per heavy atom. The molecule has 1 fully saturated rings. The Morgan fingerprint density at radius 2 is 2.12 bits per heavy atom. The molecule has 2 rings (SSSR count). The lowest BCUT2D eigenvalue weighted by atomic mass is 10.0. The van der Waals surface area contributed by atoms with E-state index in [4.69, 9.17) is 9.84 Å². The topological polar surface area (TPSA) is 49.8 Å². The lowest BCUT2D eigenvalue weighted by Crippen LogP contribution is -2.35. The highest BCUT2D eigenvalue weighted by atomic mass is 16.5. The number of aromatic carboxylic acids is 1. The third kappa shape index (κ3) is 3.05. The standard InChI is InChI=1S/C13H17NO3/c1-10-8-11(2-3-12(10)13(15)16)9-14-4-6-17-7-5-14/h2-3,8H,4-7,9H2,1H3,(H,15,16). The molecule has 1 N–H and O–H groups in total. The molecule has 1 aromatic carbocycles. The lowest BCUT2D eigenvalue weighted by Gasteiger charge is -2.26. The molecule has 0 aromatic heterocycles. The van der Waals surface area contributed by atoms with Crippen molar-refractivity contribution in [2.45, 2.75) is 13.5 Å². The Bertz CT molecular complexity index is 411. The summed E-state index contributed by atoms with van der Waals surface area (Å²) in [5.74, 6) is -0.861. The van der Waals surface area contributed by atoms with Crippen molar-refractivity contribution in [1.29, 1.82) is 0 Å². The second-order valence-corrected chi connectivity index (χ2v) is 4.34. The van der Waals surface area contributed by atoms with E-state index in [9.17, 15) is 4.79 Å². The second-order valence-electron chi connectivity index (χ2n) is 4.34. The molecule has 0 saturated carbocycles. The van der Waals surface area contributed by atoms with Gasteiger partial charge in [-0.25, -0.2) is 4.79 Å². The minimum atomic E-state index is -0.861. The van der Waals surface area contributed by atoms with Crippen LogP contribution in [0.1, 0.15) is 21.5 Å². The van der Waals surface area contributed by atoms with Gasteiger partial charge in [0.1, 0.15) is 0 Å². The van der Waals surface area contributed by atoms with Crippen molar-refractivity contribution < 1.29 is 14.6 Å². The molecule has 0 bridgehead atoms. The van der Waals surface area contributed by atoms with Crippen molar-refractivity contribution in [3.8, 4) is 0 Å². The van der Waals surface area contributed by atoms with E-state index >= 15 is 0 Å². The highest BCUT2D eigenvalue weighted by molar-refractivity contribution is 5.89. The number of rotatable bonds is 3. The van der Waals surface area contributed by atoms with Gasteiger partial charge in [-0.3, -0.25) is 4.90 Å². The molecule has 0 aliphatic carbocycles. The monoisotopic (exact) mass is 235 g/mol. The highest BCUT2D eigenvalue weighted by Crippen LogP contribution is 2.13. The molecule has 0 spiro atoms. The number of carboxylic acids is 1. The molecule has 92 valence electrons. The Hall–Kier alpha value is -1.39. The first-order valence-electron chi connectivity index (χ1n) is 5.80. The molecular weight excluding hydrogens is 218 g/mol. The lowest BCUT2D eigenvalue weighted by molar-refractivity contribution is 0.0342. The van der Waals surface area contributed by atoms with Crippen LogP contribution in [-0.4, -0.2) is 42.3 Å². The second kappa shape index (κ2) is 5.29. The van der Waals surface area contributed by atoms with Crippen LogP contribution in [0, 0.1) is 6.92 Å². The first kappa shape index (κ1) is 12.1. The summed E-state index contributed by atoms with van der Waals surface area (Å²) >= 11 is 0. The largest absolute Gasteiger partial charge is 0.478 e. The number of hydrogen-bond acceptors (Lipinski definition) is 3. The molecule has 0 unspecified atom stereocenters.